The molecule has 1 heterocycles. The number of urea groups is 1. The maximum absolute atomic E-state index is 12.7. The number of aryl methyl sites for hydroxylation is 1. The van der Waals surface area contributed by atoms with E-state index in [9.17, 15) is 14.4 Å². The summed E-state index contributed by atoms with van der Waals surface area (Å²) in [4.78, 5) is 38.4. The first-order valence-electron chi connectivity index (χ1n) is 8.36. The number of carbonyl (C=O) groups is 3. The van der Waals surface area contributed by atoms with Crippen molar-refractivity contribution in [3.8, 4) is 0 Å². The van der Waals surface area contributed by atoms with Crippen molar-refractivity contribution in [2.24, 2.45) is 0 Å². The number of Topliss-reactive ketones (excluding diaryl/α,β-unsaturated/α-hetero) is 1. The van der Waals surface area contributed by atoms with Crippen LogP contribution in [0.3, 0.4) is 0 Å². The molecular weight excluding hydrogens is 352 g/mol. The van der Waals surface area contributed by atoms with Crippen LogP contribution in [-0.2, 0) is 11.2 Å². The summed E-state index contributed by atoms with van der Waals surface area (Å²) in [5, 5.41) is 3.25. The van der Waals surface area contributed by atoms with Crippen LogP contribution in [0.2, 0.25) is 5.02 Å². The van der Waals surface area contributed by atoms with E-state index in [1.165, 1.54) is 0 Å². The minimum Gasteiger partial charge on any atom is -0.323 e. The van der Waals surface area contributed by atoms with Gasteiger partial charge in [0, 0.05) is 10.6 Å². The Morgan fingerprint density at radius 3 is 2.38 bits per heavy atom. The Balaban J connectivity index is 1.67. The average molecular weight is 371 g/mol. The Morgan fingerprint density at radius 1 is 1.08 bits per heavy atom. The van der Waals surface area contributed by atoms with E-state index in [1.807, 2.05) is 30.3 Å². The first-order chi connectivity index (χ1) is 12.4. The lowest BCUT2D eigenvalue weighted by molar-refractivity contribution is -0.130. The zero-order valence-electron chi connectivity index (χ0n) is 14.4. The topological polar surface area (TPSA) is 66.5 Å². The van der Waals surface area contributed by atoms with Crippen LogP contribution in [0.5, 0.6) is 0 Å². The molecule has 2 aromatic rings. The maximum Gasteiger partial charge on any atom is 0.325 e. The largest absolute Gasteiger partial charge is 0.325 e. The summed E-state index contributed by atoms with van der Waals surface area (Å²) in [5.41, 5.74) is 0.493. The molecule has 0 unspecified atom stereocenters. The van der Waals surface area contributed by atoms with Gasteiger partial charge in [-0.1, -0.05) is 41.9 Å². The smallest absolute Gasteiger partial charge is 0.323 e. The van der Waals surface area contributed by atoms with E-state index in [0.29, 0.717) is 23.4 Å². The lowest BCUT2D eigenvalue weighted by Gasteiger charge is -2.21. The summed E-state index contributed by atoms with van der Waals surface area (Å²) >= 11 is 5.82. The highest BCUT2D eigenvalue weighted by Gasteiger charge is 2.47. The van der Waals surface area contributed by atoms with Crippen molar-refractivity contribution in [3.05, 3.63) is 70.7 Å². The number of benzene rings is 2. The van der Waals surface area contributed by atoms with Gasteiger partial charge in [-0.2, -0.15) is 0 Å². The minimum absolute atomic E-state index is 0.284. The fourth-order valence-electron chi connectivity index (χ4n) is 2.97. The van der Waals surface area contributed by atoms with E-state index >= 15 is 0 Å². The molecule has 1 fully saturated rings. The number of amides is 3. The summed E-state index contributed by atoms with van der Waals surface area (Å²) < 4.78 is 0. The van der Waals surface area contributed by atoms with Crippen LogP contribution in [0.15, 0.2) is 54.6 Å². The van der Waals surface area contributed by atoms with E-state index < -0.39 is 11.6 Å². The predicted octanol–water partition coefficient (Wildman–Crippen LogP) is 3.47. The molecule has 2 aromatic carbocycles. The van der Waals surface area contributed by atoms with E-state index in [-0.39, 0.29) is 18.2 Å². The molecular formula is C20H19ClN2O3. The van der Waals surface area contributed by atoms with E-state index in [4.69, 9.17) is 11.6 Å². The summed E-state index contributed by atoms with van der Waals surface area (Å²) in [7, 11) is 0. The molecule has 1 atom stereocenters. The molecule has 0 spiro atoms. The Labute approximate surface area is 156 Å². The molecule has 3 rings (SSSR count). The summed E-state index contributed by atoms with van der Waals surface area (Å²) in [6.07, 6.45) is 1.12. The van der Waals surface area contributed by atoms with Crippen molar-refractivity contribution in [2.45, 2.75) is 25.3 Å². The normalized spacial score (nSPS) is 19.5. The highest BCUT2D eigenvalue weighted by molar-refractivity contribution is 6.30. The molecule has 0 aromatic heterocycles. The Hall–Kier alpha value is -2.66. The first kappa shape index (κ1) is 18.1. The van der Waals surface area contributed by atoms with Gasteiger partial charge in [0.05, 0.1) is 6.54 Å². The van der Waals surface area contributed by atoms with Crippen molar-refractivity contribution in [2.75, 3.05) is 6.54 Å². The van der Waals surface area contributed by atoms with Gasteiger partial charge in [0.2, 0.25) is 0 Å². The molecule has 0 aliphatic carbocycles. The zero-order valence-corrected chi connectivity index (χ0v) is 15.1. The van der Waals surface area contributed by atoms with Gasteiger partial charge in [0.15, 0.2) is 5.78 Å². The van der Waals surface area contributed by atoms with Crippen LogP contribution in [0, 0.1) is 0 Å². The van der Waals surface area contributed by atoms with Crippen LogP contribution < -0.4 is 5.32 Å². The fourth-order valence-corrected chi connectivity index (χ4v) is 3.10. The SMILES string of the molecule is C[C@]1(CCc2ccccc2)NC(=O)N(CC(=O)c2ccc(Cl)cc2)C1=O. The third-order valence-corrected chi connectivity index (χ3v) is 4.82. The molecule has 0 bridgehead atoms. The van der Waals surface area contributed by atoms with Crippen LogP contribution in [-0.4, -0.2) is 34.7 Å². The molecule has 5 nitrogen and oxygen atoms in total. The Kier molecular flexibility index (Phi) is 5.09. The Bertz CT molecular complexity index is 836. The maximum atomic E-state index is 12.7. The number of ketones is 1. The van der Waals surface area contributed by atoms with Gasteiger partial charge in [-0.25, -0.2) is 4.79 Å². The quantitative estimate of drug-likeness (QED) is 0.625. The highest BCUT2D eigenvalue weighted by atomic mass is 35.5. The molecule has 1 saturated heterocycles. The second-order valence-corrected chi connectivity index (χ2v) is 7.01. The van der Waals surface area contributed by atoms with Gasteiger partial charge in [0.1, 0.15) is 5.54 Å². The Morgan fingerprint density at radius 2 is 1.73 bits per heavy atom. The van der Waals surface area contributed by atoms with E-state index in [1.54, 1.807) is 31.2 Å². The van der Waals surface area contributed by atoms with Crippen LogP contribution in [0.1, 0.15) is 29.3 Å². The molecule has 3 amide bonds. The van der Waals surface area contributed by atoms with Gasteiger partial charge in [0.25, 0.3) is 5.91 Å². The zero-order chi connectivity index (χ0) is 18.7. The lowest BCUT2D eigenvalue weighted by Crippen LogP contribution is -2.44. The number of hydrogen-bond acceptors (Lipinski definition) is 3. The molecule has 0 saturated carbocycles. The molecule has 1 N–H and O–H groups in total. The van der Waals surface area contributed by atoms with Gasteiger partial charge in [-0.3, -0.25) is 14.5 Å². The van der Waals surface area contributed by atoms with E-state index in [0.717, 1.165) is 10.5 Å². The van der Waals surface area contributed by atoms with E-state index in [2.05, 4.69) is 5.32 Å². The molecule has 0 radical (unpaired) electrons. The van der Waals surface area contributed by atoms with Crippen molar-refractivity contribution in [1.82, 2.24) is 10.2 Å². The number of hydrogen-bond donors (Lipinski definition) is 1. The van der Waals surface area contributed by atoms with Crippen LogP contribution in [0.25, 0.3) is 0 Å². The van der Waals surface area contributed by atoms with Crippen molar-refractivity contribution in [1.29, 1.82) is 0 Å². The number of carbonyl (C=O) groups excluding carboxylic acids is 3. The third kappa shape index (κ3) is 3.78. The number of imide groups is 1. The molecule has 1 aliphatic rings. The highest BCUT2D eigenvalue weighted by Crippen LogP contribution is 2.24. The van der Waals surface area contributed by atoms with Crippen LogP contribution in [0.4, 0.5) is 4.79 Å². The number of nitrogens with zero attached hydrogens (tertiary/aromatic N) is 1. The fraction of sp³-hybridized carbons (Fsp3) is 0.250. The van der Waals surface area contributed by atoms with Gasteiger partial charge in [-0.05, 0) is 49.6 Å². The predicted molar refractivity (Wildman–Crippen MR) is 99.2 cm³/mol. The van der Waals surface area contributed by atoms with Crippen molar-refractivity contribution >= 4 is 29.3 Å². The second-order valence-electron chi connectivity index (χ2n) is 6.57. The van der Waals surface area contributed by atoms with Gasteiger partial charge in [-0.15, -0.1) is 0 Å². The van der Waals surface area contributed by atoms with Gasteiger partial charge >= 0.3 is 6.03 Å². The standard InChI is InChI=1S/C20H19ClN2O3/c1-20(12-11-14-5-3-2-4-6-14)18(25)23(19(26)22-20)13-17(24)15-7-9-16(21)10-8-15/h2-10H,11-13H2,1H3,(H,22,26)/t20-/m1/s1. The minimum atomic E-state index is -1.01. The van der Waals surface area contributed by atoms with Gasteiger partial charge < -0.3 is 5.32 Å². The number of halogens is 1. The molecule has 134 valence electrons. The van der Waals surface area contributed by atoms with Crippen molar-refractivity contribution in [3.63, 3.8) is 0 Å². The summed E-state index contributed by atoms with van der Waals surface area (Å²) in [6.45, 7) is 1.41. The number of rotatable bonds is 6. The second kappa shape index (κ2) is 7.30. The number of nitrogens with one attached hydrogen (secondary N) is 1. The first-order valence-corrected chi connectivity index (χ1v) is 8.74. The summed E-state index contributed by atoms with van der Waals surface area (Å²) in [6, 6.07) is 15.6. The third-order valence-electron chi connectivity index (χ3n) is 4.57. The molecule has 6 heteroatoms. The van der Waals surface area contributed by atoms with Crippen molar-refractivity contribution < 1.29 is 14.4 Å². The molecule has 26 heavy (non-hydrogen) atoms. The average Bonchev–Trinajstić information content (AvgIpc) is 2.85. The molecule has 1 aliphatic heterocycles. The monoisotopic (exact) mass is 370 g/mol. The summed E-state index contributed by atoms with van der Waals surface area (Å²) in [5.74, 6) is -0.682. The van der Waals surface area contributed by atoms with Crippen LogP contribution >= 0.6 is 11.6 Å². The lowest BCUT2D eigenvalue weighted by atomic mass is 9.93.